The summed E-state index contributed by atoms with van der Waals surface area (Å²) in [6.45, 7) is -0.120. The summed E-state index contributed by atoms with van der Waals surface area (Å²) in [6.07, 6.45) is 0. The zero-order chi connectivity index (χ0) is 14.5. The third-order valence-electron chi connectivity index (χ3n) is 2.48. The molecule has 0 aliphatic heterocycles. The number of ether oxygens (including phenoxy) is 2. The largest absolute Gasteiger partial charge is 0.508 e. The molecule has 0 spiro atoms. The molecule has 0 atom stereocenters. The van der Waals surface area contributed by atoms with E-state index in [2.05, 4.69) is 4.74 Å². The Morgan fingerprint density at radius 3 is 2.70 bits per heavy atom. The van der Waals surface area contributed by atoms with Gasteiger partial charge in [0.15, 0.2) is 0 Å². The van der Waals surface area contributed by atoms with E-state index in [0.717, 1.165) is 0 Å². The fraction of sp³-hybridized carbons (Fsp3) is 0.143. The summed E-state index contributed by atoms with van der Waals surface area (Å²) in [7, 11) is 1.24. The maximum absolute atomic E-state index is 11.7. The number of phenolic OH excluding ortho intramolecular Hbond substituents is 1. The number of hydrogen-bond acceptors (Lipinski definition) is 6. The van der Waals surface area contributed by atoms with Gasteiger partial charge in [0.2, 0.25) is 5.76 Å². The number of carbonyl (C=O) groups excluding carboxylic acids is 2. The molecule has 104 valence electrons. The third-order valence-corrected chi connectivity index (χ3v) is 2.48. The molecule has 0 aliphatic rings. The zero-order valence-electron chi connectivity index (χ0n) is 10.7. The first kappa shape index (κ1) is 13.7. The Bertz CT molecular complexity index is 628. The highest BCUT2D eigenvalue weighted by Gasteiger charge is 2.13. The Balaban J connectivity index is 1.97. The second-order valence-corrected chi connectivity index (χ2v) is 3.88. The van der Waals surface area contributed by atoms with E-state index < -0.39 is 11.9 Å². The fourth-order valence-electron chi connectivity index (χ4n) is 1.52. The van der Waals surface area contributed by atoms with Gasteiger partial charge >= 0.3 is 11.9 Å². The van der Waals surface area contributed by atoms with Crippen molar-refractivity contribution in [2.75, 3.05) is 7.11 Å². The lowest BCUT2D eigenvalue weighted by molar-refractivity contribution is 0.0438. The van der Waals surface area contributed by atoms with Crippen LogP contribution in [-0.2, 0) is 16.1 Å². The van der Waals surface area contributed by atoms with Crippen LogP contribution < -0.4 is 0 Å². The summed E-state index contributed by atoms with van der Waals surface area (Å²) in [5, 5.41) is 9.26. The summed E-state index contributed by atoms with van der Waals surface area (Å²) in [5.74, 6) is -0.868. The number of furan rings is 1. The number of aromatic hydroxyl groups is 1. The van der Waals surface area contributed by atoms with Crippen molar-refractivity contribution in [2.24, 2.45) is 0 Å². The first-order valence-corrected chi connectivity index (χ1v) is 5.73. The van der Waals surface area contributed by atoms with Gasteiger partial charge in [-0.15, -0.1) is 0 Å². The second kappa shape index (κ2) is 5.92. The fourth-order valence-corrected chi connectivity index (χ4v) is 1.52. The van der Waals surface area contributed by atoms with Crippen molar-refractivity contribution in [2.45, 2.75) is 6.61 Å². The lowest BCUT2D eigenvalue weighted by Crippen LogP contribution is -2.04. The van der Waals surface area contributed by atoms with Gasteiger partial charge < -0.3 is 19.0 Å². The molecule has 1 aromatic carbocycles. The van der Waals surface area contributed by atoms with Crippen LogP contribution in [0.15, 0.2) is 40.8 Å². The molecule has 0 saturated carbocycles. The molecule has 0 fully saturated rings. The van der Waals surface area contributed by atoms with E-state index in [1.165, 1.54) is 43.5 Å². The molecule has 0 bridgehead atoms. The van der Waals surface area contributed by atoms with Crippen LogP contribution in [0.4, 0.5) is 0 Å². The lowest BCUT2D eigenvalue weighted by atomic mass is 10.2. The highest BCUT2D eigenvalue weighted by Crippen LogP contribution is 2.14. The maximum Gasteiger partial charge on any atom is 0.373 e. The van der Waals surface area contributed by atoms with E-state index in [-0.39, 0.29) is 23.7 Å². The molecule has 1 heterocycles. The second-order valence-electron chi connectivity index (χ2n) is 3.88. The molecule has 20 heavy (non-hydrogen) atoms. The normalized spacial score (nSPS) is 10.1. The van der Waals surface area contributed by atoms with E-state index >= 15 is 0 Å². The topological polar surface area (TPSA) is 86.0 Å². The van der Waals surface area contributed by atoms with Crippen LogP contribution >= 0.6 is 0 Å². The average molecular weight is 276 g/mol. The molecule has 0 unspecified atom stereocenters. The Kier molecular flexibility index (Phi) is 4.05. The number of carbonyl (C=O) groups is 2. The van der Waals surface area contributed by atoms with Crippen LogP contribution in [0.3, 0.4) is 0 Å². The van der Waals surface area contributed by atoms with Gasteiger partial charge in [-0.2, -0.15) is 0 Å². The number of rotatable bonds is 4. The Labute approximate surface area is 114 Å². The Morgan fingerprint density at radius 1 is 1.20 bits per heavy atom. The molecule has 0 aliphatic carbocycles. The minimum absolute atomic E-state index is 0.0228. The van der Waals surface area contributed by atoms with E-state index in [1.54, 1.807) is 0 Å². The molecule has 0 saturated heterocycles. The van der Waals surface area contributed by atoms with E-state index in [0.29, 0.717) is 5.76 Å². The van der Waals surface area contributed by atoms with E-state index in [9.17, 15) is 14.7 Å². The summed E-state index contributed by atoms with van der Waals surface area (Å²) in [6, 6.07) is 8.75. The van der Waals surface area contributed by atoms with E-state index in [1.807, 2.05) is 0 Å². The van der Waals surface area contributed by atoms with Gasteiger partial charge in [0.1, 0.15) is 18.1 Å². The quantitative estimate of drug-likeness (QED) is 0.861. The van der Waals surface area contributed by atoms with Gasteiger partial charge in [-0.05, 0) is 30.3 Å². The zero-order valence-corrected chi connectivity index (χ0v) is 10.7. The smallest absolute Gasteiger partial charge is 0.373 e. The maximum atomic E-state index is 11.7. The van der Waals surface area contributed by atoms with Gasteiger partial charge in [0.05, 0.1) is 12.7 Å². The minimum atomic E-state index is -0.601. The molecule has 1 N–H and O–H groups in total. The van der Waals surface area contributed by atoms with Crippen LogP contribution in [0.2, 0.25) is 0 Å². The Morgan fingerprint density at radius 2 is 2.00 bits per heavy atom. The number of hydrogen-bond donors (Lipinski definition) is 1. The summed E-state index contributed by atoms with van der Waals surface area (Å²) >= 11 is 0. The summed E-state index contributed by atoms with van der Waals surface area (Å²) < 4.78 is 14.6. The van der Waals surface area contributed by atoms with Gasteiger partial charge in [-0.25, -0.2) is 9.59 Å². The molecular formula is C14H12O6. The third kappa shape index (κ3) is 3.17. The van der Waals surface area contributed by atoms with Crippen LogP contribution in [0.25, 0.3) is 0 Å². The summed E-state index contributed by atoms with van der Waals surface area (Å²) in [5.41, 5.74) is 0.227. The van der Waals surface area contributed by atoms with Crippen molar-refractivity contribution in [1.82, 2.24) is 0 Å². The average Bonchev–Trinajstić information content (AvgIpc) is 2.92. The van der Waals surface area contributed by atoms with Crippen LogP contribution in [-0.4, -0.2) is 24.2 Å². The minimum Gasteiger partial charge on any atom is -0.508 e. The van der Waals surface area contributed by atoms with Gasteiger partial charge in [-0.1, -0.05) is 6.07 Å². The molecule has 0 amide bonds. The van der Waals surface area contributed by atoms with Crippen LogP contribution in [0, 0.1) is 0 Å². The van der Waals surface area contributed by atoms with Crippen LogP contribution in [0.5, 0.6) is 5.75 Å². The molecule has 6 heteroatoms. The SMILES string of the molecule is COC(=O)c1ccc(COC(=O)c2cccc(O)c2)o1. The predicted octanol–water partition coefficient (Wildman–Crippen LogP) is 2.13. The standard InChI is InChI=1S/C14H12O6/c1-18-14(17)12-6-5-11(20-12)8-19-13(16)9-3-2-4-10(15)7-9/h2-7,15H,8H2,1H3. The summed E-state index contributed by atoms with van der Waals surface area (Å²) in [4.78, 5) is 22.9. The lowest BCUT2D eigenvalue weighted by Gasteiger charge is -2.03. The number of phenols is 1. The molecule has 0 radical (unpaired) electrons. The highest BCUT2D eigenvalue weighted by molar-refractivity contribution is 5.89. The number of methoxy groups -OCH3 is 1. The van der Waals surface area contributed by atoms with Gasteiger partial charge in [0, 0.05) is 0 Å². The van der Waals surface area contributed by atoms with Crippen molar-refractivity contribution in [3.63, 3.8) is 0 Å². The van der Waals surface area contributed by atoms with Crippen molar-refractivity contribution in [3.8, 4) is 5.75 Å². The van der Waals surface area contributed by atoms with Crippen molar-refractivity contribution in [1.29, 1.82) is 0 Å². The van der Waals surface area contributed by atoms with E-state index in [4.69, 9.17) is 9.15 Å². The van der Waals surface area contributed by atoms with Crippen LogP contribution in [0.1, 0.15) is 26.7 Å². The Hall–Kier alpha value is -2.76. The molecular weight excluding hydrogens is 264 g/mol. The first-order chi connectivity index (χ1) is 9.60. The first-order valence-electron chi connectivity index (χ1n) is 5.73. The van der Waals surface area contributed by atoms with Gasteiger partial charge in [0.25, 0.3) is 0 Å². The monoisotopic (exact) mass is 276 g/mol. The highest BCUT2D eigenvalue weighted by atomic mass is 16.5. The van der Waals surface area contributed by atoms with Crippen molar-refractivity contribution < 1.29 is 28.6 Å². The molecule has 6 nitrogen and oxygen atoms in total. The molecule has 1 aromatic heterocycles. The number of benzene rings is 1. The predicted molar refractivity (Wildman–Crippen MR) is 67.3 cm³/mol. The van der Waals surface area contributed by atoms with Gasteiger partial charge in [-0.3, -0.25) is 0 Å². The number of esters is 2. The molecule has 2 aromatic rings. The van der Waals surface area contributed by atoms with Crippen molar-refractivity contribution in [3.05, 3.63) is 53.5 Å². The molecule has 2 rings (SSSR count). The van der Waals surface area contributed by atoms with Crippen molar-refractivity contribution >= 4 is 11.9 Å².